The lowest BCUT2D eigenvalue weighted by Gasteiger charge is -2.25. The average Bonchev–Trinajstić information content (AvgIpc) is 2.61. The first-order valence-corrected chi connectivity index (χ1v) is 12.1. The van der Waals surface area contributed by atoms with Crippen molar-refractivity contribution in [2.24, 2.45) is 0 Å². The summed E-state index contributed by atoms with van der Waals surface area (Å²) in [6.45, 7) is 4.38. The second-order valence-electron chi connectivity index (χ2n) is 8.30. The topological polar surface area (TPSA) is 105 Å². The summed E-state index contributed by atoms with van der Waals surface area (Å²) in [5, 5.41) is 13.1. The van der Waals surface area contributed by atoms with Crippen LogP contribution >= 0.6 is 7.82 Å². The third kappa shape index (κ3) is 16.7. The van der Waals surface area contributed by atoms with Gasteiger partial charge in [-0.1, -0.05) is 45.3 Å². The van der Waals surface area contributed by atoms with Crippen molar-refractivity contribution in [3.05, 3.63) is 12.2 Å². The molecule has 0 rings (SSSR count). The van der Waals surface area contributed by atoms with Crippen LogP contribution in [0.2, 0.25) is 0 Å². The van der Waals surface area contributed by atoms with Crippen molar-refractivity contribution in [2.45, 2.75) is 70.9 Å². The van der Waals surface area contributed by atoms with Crippen LogP contribution in [0.15, 0.2) is 12.2 Å². The van der Waals surface area contributed by atoms with Gasteiger partial charge in [0.15, 0.2) is 0 Å². The average molecular weight is 438 g/mol. The molecule has 0 aliphatic carbocycles. The van der Waals surface area contributed by atoms with E-state index in [2.05, 4.69) is 12.2 Å². The smallest absolute Gasteiger partial charge is 0.387 e. The maximum Gasteiger partial charge on any atom is 0.472 e. The molecule has 1 amide bonds. The monoisotopic (exact) mass is 437 g/mol. The molecule has 0 aromatic rings. The molecule has 3 N–H and O–H groups in total. The van der Waals surface area contributed by atoms with E-state index < -0.39 is 20.0 Å². The number of nitrogens with one attached hydrogen (secondary N) is 1. The molecule has 9 heteroatoms. The van der Waals surface area contributed by atoms with Crippen LogP contribution < -0.4 is 5.32 Å². The lowest BCUT2D eigenvalue weighted by molar-refractivity contribution is -0.870. The quantitative estimate of drug-likeness (QED) is 0.140. The molecule has 0 radical (unpaired) electrons. The number of phosphoric acid groups is 1. The zero-order valence-corrected chi connectivity index (χ0v) is 19.7. The summed E-state index contributed by atoms with van der Waals surface area (Å²) < 4.78 is 22.7. The first-order valence-electron chi connectivity index (χ1n) is 10.6. The molecule has 0 saturated carbocycles. The highest BCUT2D eigenvalue weighted by atomic mass is 31.2. The minimum Gasteiger partial charge on any atom is -0.387 e. The van der Waals surface area contributed by atoms with Gasteiger partial charge in [0.05, 0.1) is 39.9 Å². The number of quaternary nitrogens is 1. The van der Waals surface area contributed by atoms with Gasteiger partial charge in [0.25, 0.3) is 0 Å². The number of nitrogens with zero attached hydrogens (tertiary/aromatic N) is 1. The van der Waals surface area contributed by atoms with E-state index in [4.69, 9.17) is 9.05 Å². The Balaban J connectivity index is 4.78. The first kappa shape index (κ1) is 28.2. The standard InChI is InChI=1S/C20H41N2O6P/c1-6-8-10-11-12-13-19(23)18(21-20(24)14-9-7-2)17-28-29(25,26)27-16-15-22(3,4)5/h12-13,18-19,23H,6-11,14-17H2,1-5H3,(H-,21,24,25,26)/p+1/b13-12+. The van der Waals surface area contributed by atoms with Crippen LogP contribution in [0.5, 0.6) is 0 Å². The number of aliphatic hydroxyl groups excluding tert-OH is 1. The Labute approximate surface area is 176 Å². The highest BCUT2D eigenvalue weighted by Crippen LogP contribution is 2.43. The van der Waals surface area contributed by atoms with Crippen LogP contribution in [0.1, 0.15) is 58.8 Å². The van der Waals surface area contributed by atoms with Gasteiger partial charge in [-0.25, -0.2) is 4.57 Å². The SMILES string of the molecule is CCCCC/C=C/C(O)C(COP(=O)(O)OCC[N+](C)(C)C)NC(=O)CCCC. The van der Waals surface area contributed by atoms with Crippen LogP contribution in [0.25, 0.3) is 0 Å². The van der Waals surface area contributed by atoms with E-state index in [1.807, 2.05) is 34.1 Å². The van der Waals surface area contributed by atoms with E-state index in [-0.39, 0.29) is 19.1 Å². The predicted molar refractivity (Wildman–Crippen MR) is 115 cm³/mol. The molecular formula is C20H42N2O6P+. The molecule has 29 heavy (non-hydrogen) atoms. The van der Waals surface area contributed by atoms with Crippen LogP contribution in [0.3, 0.4) is 0 Å². The maximum atomic E-state index is 12.1. The number of hydrogen-bond acceptors (Lipinski definition) is 5. The summed E-state index contributed by atoms with van der Waals surface area (Å²) >= 11 is 0. The molecule has 8 nitrogen and oxygen atoms in total. The van der Waals surface area contributed by atoms with E-state index in [0.717, 1.165) is 38.5 Å². The fourth-order valence-corrected chi connectivity index (χ4v) is 3.10. The van der Waals surface area contributed by atoms with Crippen LogP contribution in [0.4, 0.5) is 0 Å². The van der Waals surface area contributed by atoms with Gasteiger partial charge in [0.2, 0.25) is 5.91 Å². The van der Waals surface area contributed by atoms with Crippen LogP contribution in [-0.2, 0) is 18.4 Å². The Kier molecular flexibility index (Phi) is 14.7. The lowest BCUT2D eigenvalue weighted by atomic mass is 10.1. The predicted octanol–water partition coefficient (Wildman–Crippen LogP) is 3.00. The van der Waals surface area contributed by atoms with Crippen LogP contribution in [-0.4, -0.2) is 73.4 Å². The van der Waals surface area contributed by atoms with E-state index in [1.54, 1.807) is 6.08 Å². The summed E-state index contributed by atoms with van der Waals surface area (Å²) in [5.41, 5.74) is 0. The zero-order chi connectivity index (χ0) is 22.3. The Morgan fingerprint density at radius 3 is 2.38 bits per heavy atom. The number of allylic oxidation sites excluding steroid dienone is 1. The van der Waals surface area contributed by atoms with Crippen molar-refractivity contribution >= 4 is 13.7 Å². The van der Waals surface area contributed by atoms with Crippen molar-refractivity contribution in [3.63, 3.8) is 0 Å². The second kappa shape index (κ2) is 15.1. The van der Waals surface area contributed by atoms with Crippen molar-refractivity contribution < 1.29 is 32.9 Å². The Bertz CT molecular complexity index is 522. The third-order valence-electron chi connectivity index (χ3n) is 4.26. The van der Waals surface area contributed by atoms with Gasteiger partial charge in [-0.15, -0.1) is 0 Å². The number of unbranched alkanes of at least 4 members (excludes halogenated alkanes) is 4. The summed E-state index contributed by atoms with van der Waals surface area (Å²) in [5.74, 6) is -0.224. The Morgan fingerprint density at radius 2 is 1.79 bits per heavy atom. The van der Waals surface area contributed by atoms with E-state index in [0.29, 0.717) is 17.4 Å². The van der Waals surface area contributed by atoms with Gasteiger partial charge in [-0.05, 0) is 19.3 Å². The van der Waals surface area contributed by atoms with Crippen molar-refractivity contribution in [1.82, 2.24) is 5.32 Å². The van der Waals surface area contributed by atoms with Gasteiger partial charge in [-0.2, -0.15) is 0 Å². The molecule has 0 aromatic carbocycles. The number of carbonyl (C=O) groups excluding carboxylic acids is 1. The van der Waals surface area contributed by atoms with Gasteiger partial charge >= 0.3 is 7.82 Å². The molecule has 172 valence electrons. The zero-order valence-electron chi connectivity index (χ0n) is 18.8. The molecule has 0 aliphatic rings. The molecule has 0 spiro atoms. The molecule has 0 fully saturated rings. The van der Waals surface area contributed by atoms with Crippen LogP contribution in [0, 0.1) is 0 Å². The number of rotatable bonds is 17. The summed E-state index contributed by atoms with van der Waals surface area (Å²) in [7, 11) is 1.55. The van der Waals surface area contributed by atoms with Crippen molar-refractivity contribution in [1.29, 1.82) is 0 Å². The molecule has 3 atom stereocenters. The molecule has 0 heterocycles. The highest BCUT2D eigenvalue weighted by molar-refractivity contribution is 7.47. The number of phosphoric ester groups is 1. The lowest BCUT2D eigenvalue weighted by Crippen LogP contribution is -2.45. The number of aliphatic hydroxyl groups is 1. The fraction of sp³-hybridized carbons (Fsp3) is 0.850. The summed E-state index contributed by atoms with van der Waals surface area (Å²) in [6, 6.07) is -0.829. The van der Waals surface area contributed by atoms with Crippen molar-refractivity contribution in [3.8, 4) is 0 Å². The summed E-state index contributed by atoms with van der Waals surface area (Å²) in [6.07, 6.45) is 8.45. The second-order valence-corrected chi connectivity index (χ2v) is 9.76. The van der Waals surface area contributed by atoms with E-state index >= 15 is 0 Å². The number of carbonyl (C=O) groups is 1. The molecule has 0 aromatic heterocycles. The fourth-order valence-electron chi connectivity index (χ4n) is 2.37. The van der Waals surface area contributed by atoms with E-state index in [1.165, 1.54) is 0 Å². The number of hydrogen-bond donors (Lipinski definition) is 3. The normalized spacial score (nSPS) is 16.5. The number of amides is 1. The van der Waals surface area contributed by atoms with Crippen molar-refractivity contribution in [2.75, 3.05) is 40.9 Å². The minimum atomic E-state index is -4.27. The number of likely N-dealkylation sites (N-methyl/N-ethyl adjacent to an activating group) is 1. The van der Waals surface area contributed by atoms with Gasteiger partial charge in [0.1, 0.15) is 13.2 Å². The largest absolute Gasteiger partial charge is 0.472 e. The molecule has 0 bridgehead atoms. The van der Waals surface area contributed by atoms with E-state index in [9.17, 15) is 19.4 Å². The third-order valence-corrected chi connectivity index (χ3v) is 5.24. The molecule has 0 saturated heterocycles. The summed E-state index contributed by atoms with van der Waals surface area (Å²) in [4.78, 5) is 22.0. The van der Waals surface area contributed by atoms with Gasteiger partial charge < -0.3 is 19.8 Å². The maximum absolute atomic E-state index is 12.1. The van der Waals surface area contributed by atoms with Gasteiger partial charge in [0, 0.05) is 6.42 Å². The minimum absolute atomic E-state index is 0.0602. The Morgan fingerprint density at radius 1 is 1.14 bits per heavy atom. The molecular weight excluding hydrogens is 395 g/mol. The molecule has 0 aliphatic heterocycles. The van der Waals surface area contributed by atoms with Gasteiger partial charge in [-0.3, -0.25) is 13.8 Å². The highest BCUT2D eigenvalue weighted by Gasteiger charge is 2.27. The Hall–Kier alpha value is -0.760. The first-order chi connectivity index (χ1) is 13.5. The molecule has 3 unspecified atom stereocenters.